The third kappa shape index (κ3) is 2.94. The van der Waals surface area contributed by atoms with Gasteiger partial charge >= 0.3 is 0 Å². The standard InChI is InChI=1S/C15H27N3/c1-4-15(8-6-7-9-15)12-16-13(3)14-10-17-18(5-2)11-14/h10-11,13,16H,4-9,12H2,1-3H3. The van der Waals surface area contributed by atoms with E-state index in [4.69, 9.17) is 0 Å². The van der Waals surface area contributed by atoms with Gasteiger partial charge in [0.2, 0.25) is 0 Å². The topological polar surface area (TPSA) is 29.9 Å². The van der Waals surface area contributed by atoms with Crippen LogP contribution in [0.5, 0.6) is 0 Å². The molecule has 1 aromatic rings. The molecule has 1 N–H and O–H groups in total. The molecule has 1 fully saturated rings. The number of nitrogens with one attached hydrogen (secondary N) is 1. The van der Waals surface area contributed by atoms with E-state index in [-0.39, 0.29) is 0 Å². The fourth-order valence-electron chi connectivity index (χ4n) is 3.04. The second-order valence-electron chi connectivity index (χ2n) is 5.79. The van der Waals surface area contributed by atoms with Gasteiger partial charge in [0.15, 0.2) is 0 Å². The van der Waals surface area contributed by atoms with Crippen LogP contribution in [0.1, 0.15) is 64.5 Å². The van der Waals surface area contributed by atoms with Crippen molar-refractivity contribution < 1.29 is 0 Å². The van der Waals surface area contributed by atoms with Gasteiger partial charge in [-0.15, -0.1) is 0 Å². The molecule has 1 saturated carbocycles. The van der Waals surface area contributed by atoms with Crippen LogP contribution in [0.3, 0.4) is 0 Å². The van der Waals surface area contributed by atoms with Crippen molar-refractivity contribution in [2.45, 2.75) is 65.5 Å². The van der Waals surface area contributed by atoms with Crippen LogP contribution in [0.15, 0.2) is 12.4 Å². The molecule has 18 heavy (non-hydrogen) atoms. The molecule has 0 amide bonds. The smallest absolute Gasteiger partial charge is 0.0537 e. The zero-order valence-electron chi connectivity index (χ0n) is 12.1. The van der Waals surface area contributed by atoms with Gasteiger partial charge in [-0.2, -0.15) is 5.10 Å². The first-order chi connectivity index (χ1) is 8.69. The molecule has 1 aromatic heterocycles. The van der Waals surface area contributed by atoms with Crippen LogP contribution in [0.4, 0.5) is 0 Å². The average molecular weight is 249 g/mol. The lowest BCUT2D eigenvalue weighted by molar-refractivity contribution is 0.259. The van der Waals surface area contributed by atoms with Gasteiger partial charge in [-0.3, -0.25) is 4.68 Å². The molecule has 102 valence electrons. The number of nitrogens with zero attached hydrogens (tertiary/aromatic N) is 2. The summed E-state index contributed by atoms with van der Waals surface area (Å²) in [4.78, 5) is 0. The highest BCUT2D eigenvalue weighted by Crippen LogP contribution is 2.40. The number of hydrogen-bond acceptors (Lipinski definition) is 2. The average Bonchev–Trinajstić information content (AvgIpc) is 3.05. The molecule has 0 aliphatic heterocycles. The van der Waals surface area contributed by atoms with Gasteiger partial charge in [-0.05, 0) is 38.5 Å². The van der Waals surface area contributed by atoms with Gasteiger partial charge in [-0.25, -0.2) is 0 Å². The Kier molecular flexibility index (Phi) is 4.44. The molecular formula is C15H27N3. The molecule has 1 atom stereocenters. The minimum Gasteiger partial charge on any atom is -0.310 e. The van der Waals surface area contributed by atoms with E-state index < -0.39 is 0 Å². The highest BCUT2D eigenvalue weighted by Gasteiger charge is 2.31. The summed E-state index contributed by atoms with van der Waals surface area (Å²) in [6.45, 7) is 8.81. The highest BCUT2D eigenvalue weighted by atomic mass is 15.3. The van der Waals surface area contributed by atoms with Gasteiger partial charge in [0, 0.05) is 30.9 Å². The van der Waals surface area contributed by atoms with Crippen LogP contribution < -0.4 is 5.32 Å². The van der Waals surface area contributed by atoms with Gasteiger partial charge in [0.05, 0.1) is 6.20 Å². The second-order valence-corrected chi connectivity index (χ2v) is 5.79. The lowest BCUT2D eigenvalue weighted by atomic mass is 9.83. The third-order valence-corrected chi connectivity index (χ3v) is 4.67. The van der Waals surface area contributed by atoms with Gasteiger partial charge in [-0.1, -0.05) is 19.8 Å². The molecule has 0 bridgehead atoms. The van der Waals surface area contributed by atoms with Crippen LogP contribution in [-0.4, -0.2) is 16.3 Å². The van der Waals surface area contributed by atoms with Crippen LogP contribution in [0.25, 0.3) is 0 Å². The summed E-state index contributed by atoms with van der Waals surface area (Å²) in [6, 6.07) is 0.411. The van der Waals surface area contributed by atoms with E-state index in [9.17, 15) is 0 Å². The summed E-state index contributed by atoms with van der Waals surface area (Å²) in [6.07, 6.45) is 11.1. The SMILES string of the molecule is CCn1cc(C(C)NCC2(CC)CCCC2)cn1. The quantitative estimate of drug-likeness (QED) is 0.836. The zero-order chi connectivity index (χ0) is 13.0. The molecule has 1 aliphatic rings. The van der Waals surface area contributed by atoms with Crippen molar-refractivity contribution in [3.8, 4) is 0 Å². The van der Waals surface area contributed by atoms with Crippen molar-refractivity contribution in [2.24, 2.45) is 5.41 Å². The fraction of sp³-hybridized carbons (Fsp3) is 0.800. The van der Waals surface area contributed by atoms with Gasteiger partial charge in [0.1, 0.15) is 0 Å². The van der Waals surface area contributed by atoms with Crippen LogP contribution >= 0.6 is 0 Å². The number of rotatable bonds is 6. The van der Waals surface area contributed by atoms with Crippen LogP contribution in [0, 0.1) is 5.41 Å². The maximum absolute atomic E-state index is 4.35. The Morgan fingerprint density at radius 3 is 2.67 bits per heavy atom. The Hall–Kier alpha value is -0.830. The first-order valence-electron chi connectivity index (χ1n) is 7.45. The Balaban J connectivity index is 1.89. The normalized spacial score (nSPS) is 20.2. The first-order valence-corrected chi connectivity index (χ1v) is 7.45. The number of hydrogen-bond donors (Lipinski definition) is 1. The number of aromatic nitrogens is 2. The lowest BCUT2D eigenvalue weighted by Gasteiger charge is -2.29. The Morgan fingerprint density at radius 2 is 2.11 bits per heavy atom. The second kappa shape index (κ2) is 5.87. The van der Waals surface area contributed by atoms with Crippen molar-refractivity contribution in [3.05, 3.63) is 18.0 Å². The molecule has 0 aromatic carbocycles. The van der Waals surface area contributed by atoms with Crippen molar-refractivity contribution in [3.63, 3.8) is 0 Å². The summed E-state index contributed by atoms with van der Waals surface area (Å²) in [7, 11) is 0. The van der Waals surface area contributed by atoms with E-state index in [1.165, 1.54) is 37.7 Å². The van der Waals surface area contributed by atoms with Crippen LogP contribution in [-0.2, 0) is 6.54 Å². The maximum atomic E-state index is 4.35. The van der Waals surface area contributed by atoms with Crippen molar-refractivity contribution in [2.75, 3.05) is 6.54 Å². The summed E-state index contributed by atoms with van der Waals surface area (Å²) in [5, 5.41) is 8.07. The Labute approximate surface area is 111 Å². The van der Waals surface area contributed by atoms with E-state index >= 15 is 0 Å². The first kappa shape index (κ1) is 13.6. The van der Waals surface area contributed by atoms with E-state index in [0.717, 1.165) is 13.1 Å². The van der Waals surface area contributed by atoms with E-state index in [1.54, 1.807) is 0 Å². The van der Waals surface area contributed by atoms with Crippen molar-refractivity contribution in [1.29, 1.82) is 0 Å². The predicted octanol–water partition coefficient (Wildman–Crippen LogP) is 3.52. The lowest BCUT2D eigenvalue weighted by Crippen LogP contribution is -2.33. The molecule has 1 heterocycles. The van der Waals surface area contributed by atoms with Crippen molar-refractivity contribution in [1.82, 2.24) is 15.1 Å². The number of aryl methyl sites for hydroxylation is 1. The molecule has 1 unspecified atom stereocenters. The fourth-order valence-corrected chi connectivity index (χ4v) is 3.04. The Bertz CT molecular complexity index is 364. The van der Waals surface area contributed by atoms with Crippen molar-refractivity contribution >= 4 is 0 Å². The summed E-state index contributed by atoms with van der Waals surface area (Å²) in [5.41, 5.74) is 1.87. The molecule has 0 saturated heterocycles. The largest absolute Gasteiger partial charge is 0.310 e. The molecule has 0 radical (unpaired) electrons. The zero-order valence-corrected chi connectivity index (χ0v) is 12.1. The summed E-state index contributed by atoms with van der Waals surface area (Å²) >= 11 is 0. The minimum atomic E-state index is 0.411. The minimum absolute atomic E-state index is 0.411. The van der Waals surface area contributed by atoms with E-state index in [2.05, 4.69) is 37.4 Å². The van der Waals surface area contributed by atoms with E-state index in [0.29, 0.717) is 11.5 Å². The van der Waals surface area contributed by atoms with E-state index in [1.807, 2.05) is 10.9 Å². The Morgan fingerprint density at radius 1 is 1.39 bits per heavy atom. The molecule has 2 rings (SSSR count). The molecule has 0 spiro atoms. The van der Waals surface area contributed by atoms with Gasteiger partial charge < -0.3 is 5.32 Å². The molecular weight excluding hydrogens is 222 g/mol. The highest BCUT2D eigenvalue weighted by molar-refractivity contribution is 5.09. The summed E-state index contributed by atoms with van der Waals surface area (Å²) < 4.78 is 2.00. The maximum Gasteiger partial charge on any atom is 0.0537 e. The van der Waals surface area contributed by atoms with Gasteiger partial charge in [0.25, 0.3) is 0 Å². The molecule has 3 nitrogen and oxygen atoms in total. The molecule has 1 aliphatic carbocycles. The summed E-state index contributed by atoms with van der Waals surface area (Å²) in [5.74, 6) is 0. The third-order valence-electron chi connectivity index (χ3n) is 4.67. The molecule has 3 heteroatoms. The van der Waals surface area contributed by atoms with Crippen LogP contribution in [0.2, 0.25) is 0 Å². The monoisotopic (exact) mass is 249 g/mol. The predicted molar refractivity (Wildman–Crippen MR) is 75.5 cm³/mol.